The number of benzene rings is 1. The zero-order valence-electron chi connectivity index (χ0n) is 8.61. The van der Waals surface area contributed by atoms with E-state index >= 15 is 0 Å². The van der Waals surface area contributed by atoms with Crippen molar-refractivity contribution in [2.24, 2.45) is 5.92 Å². The van der Waals surface area contributed by atoms with Crippen LogP contribution in [0.15, 0.2) is 22.7 Å². The molecule has 0 saturated carbocycles. The van der Waals surface area contributed by atoms with Crippen LogP contribution in [-0.2, 0) is 4.79 Å². The maximum absolute atomic E-state index is 10.8. The van der Waals surface area contributed by atoms with Crippen LogP contribution < -0.4 is 11.1 Å². The predicted molar refractivity (Wildman–Crippen MR) is 65.0 cm³/mol. The average Bonchev–Trinajstić information content (AvgIpc) is 2.71. The molecule has 86 valence electrons. The van der Waals surface area contributed by atoms with Gasteiger partial charge in [-0.25, -0.2) is 0 Å². The molecule has 1 aromatic rings. The fourth-order valence-corrected chi connectivity index (χ4v) is 2.20. The van der Waals surface area contributed by atoms with Crippen LogP contribution in [0.3, 0.4) is 0 Å². The molecule has 2 rings (SSSR count). The Balaban J connectivity index is 2.14. The Hall–Kier alpha value is -1.07. The highest BCUT2D eigenvalue weighted by atomic mass is 79.9. The molecule has 5 heteroatoms. The number of hydrogen-bond acceptors (Lipinski definition) is 3. The van der Waals surface area contributed by atoms with E-state index in [1.807, 2.05) is 18.2 Å². The SMILES string of the molecule is Nc1cc(C2CC(C(=O)O)CN2)ccc1Br. The summed E-state index contributed by atoms with van der Waals surface area (Å²) in [5.41, 5.74) is 7.52. The first-order valence-electron chi connectivity index (χ1n) is 5.09. The molecule has 0 aromatic heterocycles. The van der Waals surface area contributed by atoms with Gasteiger partial charge in [0.2, 0.25) is 0 Å². The highest BCUT2D eigenvalue weighted by molar-refractivity contribution is 9.10. The molecule has 0 amide bonds. The van der Waals surface area contributed by atoms with E-state index in [4.69, 9.17) is 10.8 Å². The van der Waals surface area contributed by atoms with Crippen LogP contribution in [0.4, 0.5) is 5.69 Å². The van der Waals surface area contributed by atoms with Crippen molar-refractivity contribution in [1.29, 1.82) is 0 Å². The van der Waals surface area contributed by atoms with Crippen LogP contribution in [-0.4, -0.2) is 17.6 Å². The second-order valence-corrected chi connectivity index (χ2v) is 4.87. The summed E-state index contributed by atoms with van der Waals surface area (Å²) in [6, 6.07) is 5.82. The topological polar surface area (TPSA) is 75.4 Å². The van der Waals surface area contributed by atoms with Gasteiger partial charge in [-0.15, -0.1) is 0 Å². The molecule has 1 heterocycles. The van der Waals surface area contributed by atoms with Gasteiger partial charge < -0.3 is 16.2 Å². The van der Waals surface area contributed by atoms with E-state index in [1.165, 1.54) is 0 Å². The summed E-state index contributed by atoms with van der Waals surface area (Å²) in [4.78, 5) is 10.8. The molecule has 1 saturated heterocycles. The molecular formula is C11H13BrN2O2. The quantitative estimate of drug-likeness (QED) is 0.724. The first-order valence-corrected chi connectivity index (χ1v) is 5.88. The first-order chi connectivity index (χ1) is 7.58. The minimum Gasteiger partial charge on any atom is -0.481 e. The van der Waals surface area contributed by atoms with E-state index in [2.05, 4.69) is 21.2 Å². The van der Waals surface area contributed by atoms with Crippen LogP contribution >= 0.6 is 15.9 Å². The molecule has 0 bridgehead atoms. The number of nitrogen functional groups attached to an aromatic ring is 1. The number of aliphatic carboxylic acids is 1. The molecule has 0 spiro atoms. The van der Waals surface area contributed by atoms with E-state index < -0.39 is 5.97 Å². The van der Waals surface area contributed by atoms with Crippen molar-refractivity contribution in [2.45, 2.75) is 12.5 Å². The number of nitrogens with one attached hydrogen (secondary N) is 1. The van der Waals surface area contributed by atoms with Crippen molar-refractivity contribution in [3.8, 4) is 0 Å². The number of carboxylic acid groups (broad SMARTS) is 1. The number of anilines is 1. The molecule has 2 atom stereocenters. The molecule has 16 heavy (non-hydrogen) atoms. The van der Waals surface area contributed by atoms with Crippen LogP contribution in [0, 0.1) is 5.92 Å². The summed E-state index contributed by atoms with van der Waals surface area (Å²) in [6.07, 6.45) is 0.621. The van der Waals surface area contributed by atoms with Gasteiger partial charge in [0.25, 0.3) is 0 Å². The summed E-state index contributed by atoms with van der Waals surface area (Å²) in [6.45, 7) is 0.524. The molecular weight excluding hydrogens is 272 g/mol. The highest BCUT2D eigenvalue weighted by Crippen LogP contribution is 2.30. The van der Waals surface area contributed by atoms with Crippen molar-refractivity contribution in [3.63, 3.8) is 0 Å². The van der Waals surface area contributed by atoms with Crippen molar-refractivity contribution in [2.75, 3.05) is 12.3 Å². The average molecular weight is 285 g/mol. The van der Waals surface area contributed by atoms with Gasteiger partial charge in [0.15, 0.2) is 0 Å². The zero-order chi connectivity index (χ0) is 11.7. The minimum atomic E-state index is -0.736. The number of halogens is 1. The first kappa shape index (κ1) is 11.4. The lowest BCUT2D eigenvalue weighted by atomic mass is 10.00. The van der Waals surface area contributed by atoms with Crippen LogP contribution in [0.5, 0.6) is 0 Å². The summed E-state index contributed by atoms with van der Waals surface area (Å²) >= 11 is 3.33. The van der Waals surface area contributed by atoms with E-state index in [0.717, 1.165) is 10.0 Å². The molecule has 1 aliphatic rings. The smallest absolute Gasteiger partial charge is 0.307 e. The second kappa shape index (κ2) is 4.43. The van der Waals surface area contributed by atoms with Crippen LogP contribution in [0.1, 0.15) is 18.0 Å². The fraction of sp³-hybridized carbons (Fsp3) is 0.364. The molecule has 2 unspecified atom stereocenters. The minimum absolute atomic E-state index is 0.0940. The van der Waals surface area contributed by atoms with Gasteiger partial charge in [-0.1, -0.05) is 6.07 Å². The summed E-state index contributed by atoms with van der Waals surface area (Å²) in [7, 11) is 0. The Morgan fingerprint density at radius 3 is 2.88 bits per heavy atom. The third kappa shape index (κ3) is 2.20. The normalized spacial score (nSPS) is 24.6. The van der Waals surface area contributed by atoms with Gasteiger partial charge in [0.05, 0.1) is 5.92 Å². The van der Waals surface area contributed by atoms with E-state index in [0.29, 0.717) is 18.7 Å². The maximum Gasteiger partial charge on any atom is 0.307 e. The number of carboxylic acids is 1. The van der Waals surface area contributed by atoms with Crippen molar-refractivity contribution in [1.82, 2.24) is 5.32 Å². The molecule has 4 nitrogen and oxygen atoms in total. The fourth-order valence-electron chi connectivity index (χ4n) is 1.96. The second-order valence-electron chi connectivity index (χ2n) is 4.01. The third-order valence-electron chi connectivity index (χ3n) is 2.90. The van der Waals surface area contributed by atoms with Gasteiger partial charge in [-0.3, -0.25) is 4.79 Å². The van der Waals surface area contributed by atoms with Gasteiger partial charge in [-0.05, 0) is 40.0 Å². The number of hydrogen-bond donors (Lipinski definition) is 3. The molecule has 4 N–H and O–H groups in total. The van der Waals surface area contributed by atoms with Crippen molar-refractivity contribution in [3.05, 3.63) is 28.2 Å². The third-order valence-corrected chi connectivity index (χ3v) is 3.62. The zero-order valence-corrected chi connectivity index (χ0v) is 10.2. The number of nitrogens with two attached hydrogens (primary N) is 1. The molecule has 1 aliphatic heterocycles. The summed E-state index contributed by atoms with van der Waals surface area (Å²) in [5, 5.41) is 12.1. The Labute approximate surface area is 102 Å². The summed E-state index contributed by atoms with van der Waals surface area (Å²) in [5.74, 6) is -1.03. The molecule has 0 aliphatic carbocycles. The summed E-state index contributed by atoms with van der Waals surface area (Å²) < 4.78 is 0.865. The van der Waals surface area contributed by atoms with Gasteiger partial charge in [0.1, 0.15) is 0 Å². The Kier molecular flexibility index (Phi) is 3.16. The standard InChI is InChI=1S/C11H13BrN2O2/c12-8-2-1-6(3-9(8)13)10-4-7(5-14-10)11(15)16/h1-3,7,10,14H,4-5,13H2,(H,15,16). The number of rotatable bonds is 2. The van der Waals surface area contributed by atoms with Crippen molar-refractivity contribution >= 4 is 27.6 Å². The maximum atomic E-state index is 10.8. The Morgan fingerprint density at radius 1 is 1.56 bits per heavy atom. The molecule has 1 fully saturated rings. The Bertz CT molecular complexity index is 422. The van der Waals surface area contributed by atoms with E-state index in [-0.39, 0.29) is 12.0 Å². The molecule has 0 radical (unpaired) electrons. The van der Waals surface area contributed by atoms with E-state index in [9.17, 15) is 4.79 Å². The lowest BCUT2D eigenvalue weighted by Gasteiger charge is -2.11. The van der Waals surface area contributed by atoms with Gasteiger partial charge in [-0.2, -0.15) is 0 Å². The highest BCUT2D eigenvalue weighted by Gasteiger charge is 2.30. The van der Waals surface area contributed by atoms with Crippen molar-refractivity contribution < 1.29 is 9.90 Å². The monoisotopic (exact) mass is 284 g/mol. The molecule has 1 aromatic carbocycles. The van der Waals surface area contributed by atoms with Crippen LogP contribution in [0.2, 0.25) is 0 Å². The van der Waals surface area contributed by atoms with E-state index in [1.54, 1.807) is 0 Å². The number of carbonyl (C=O) groups is 1. The van der Waals surface area contributed by atoms with Gasteiger partial charge in [0, 0.05) is 22.7 Å². The Morgan fingerprint density at radius 2 is 2.31 bits per heavy atom. The largest absolute Gasteiger partial charge is 0.481 e. The lowest BCUT2D eigenvalue weighted by molar-refractivity contribution is -0.141. The predicted octanol–water partition coefficient (Wildman–Crippen LogP) is 1.77. The van der Waals surface area contributed by atoms with Crippen LogP contribution in [0.25, 0.3) is 0 Å². The van der Waals surface area contributed by atoms with Gasteiger partial charge >= 0.3 is 5.97 Å². The lowest BCUT2D eigenvalue weighted by Crippen LogP contribution is -2.17.